The van der Waals surface area contributed by atoms with Crippen molar-refractivity contribution in [1.82, 2.24) is 5.32 Å². The fraction of sp³-hybridized carbons (Fsp3) is 0.235. The van der Waals surface area contributed by atoms with Gasteiger partial charge in [-0.3, -0.25) is 10.1 Å². The summed E-state index contributed by atoms with van der Waals surface area (Å²) in [4.78, 5) is 11.2. The number of rotatable bonds is 4. The van der Waals surface area contributed by atoms with Crippen LogP contribution in [0.4, 0.5) is 4.39 Å². The number of ether oxygens (including phenoxy) is 1. The van der Waals surface area contributed by atoms with Crippen molar-refractivity contribution < 1.29 is 13.9 Å². The number of carbonyl (C=O) groups is 1. The minimum atomic E-state index is -0.332. The summed E-state index contributed by atoms with van der Waals surface area (Å²) < 4.78 is 18.7. The lowest BCUT2D eigenvalue weighted by Crippen LogP contribution is -2.37. The number of hydrogen-bond donors (Lipinski definition) is 2. The van der Waals surface area contributed by atoms with Crippen LogP contribution in [0.3, 0.4) is 0 Å². The Morgan fingerprint density at radius 3 is 2.55 bits per heavy atom. The van der Waals surface area contributed by atoms with E-state index in [0.717, 1.165) is 18.4 Å². The number of hydrogen-bond acceptors (Lipinski definition) is 3. The van der Waals surface area contributed by atoms with Crippen LogP contribution in [0.25, 0.3) is 0 Å². The lowest BCUT2D eigenvalue weighted by Gasteiger charge is -2.13. The molecule has 1 fully saturated rings. The summed E-state index contributed by atoms with van der Waals surface area (Å²) in [5, 5.41) is 3.22. The van der Waals surface area contributed by atoms with Gasteiger partial charge in [0.2, 0.25) is 5.91 Å². The highest BCUT2D eigenvalue weighted by molar-refractivity contribution is 5.80. The monoisotopic (exact) mass is 300 g/mol. The molecule has 2 atom stereocenters. The second kappa shape index (κ2) is 6.15. The SMILES string of the molecule is NC(=O)[C@@H]1CC[C@H](c2ccc(Oc3cccc(F)c3)cc2)N1. The van der Waals surface area contributed by atoms with Crippen LogP contribution in [0.15, 0.2) is 48.5 Å². The van der Waals surface area contributed by atoms with Crippen molar-refractivity contribution in [3.8, 4) is 11.5 Å². The van der Waals surface area contributed by atoms with E-state index in [9.17, 15) is 9.18 Å². The van der Waals surface area contributed by atoms with Crippen LogP contribution >= 0.6 is 0 Å². The average molecular weight is 300 g/mol. The van der Waals surface area contributed by atoms with Gasteiger partial charge in [0, 0.05) is 12.1 Å². The van der Waals surface area contributed by atoms with E-state index in [-0.39, 0.29) is 23.8 Å². The van der Waals surface area contributed by atoms with Crippen LogP contribution < -0.4 is 15.8 Å². The van der Waals surface area contributed by atoms with Crippen molar-refractivity contribution >= 4 is 5.91 Å². The molecule has 114 valence electrons. The molecular weight excluding hydrogens is 283 g/mol. The van der Waals surface area contributed by atoms with Gasteiger partial charge < -0.3 is 10.5 Å². The second-order valence-corrected chi connectivity index (χ2v) is 5.38. The number of amides is 1. The fourth-order valence-electron chi connectivity index (χ4n) is 2.66. The van der Waals surface area contributed by atoms with Crippen molar-refractivity contribution in [3.05, 3.63) is 59.9 Å². The molecule has 5 heteroatoms. The highest BCUT2D eigenvalue weighted by Crippen LogP contribution is 2.29. The molecule has 3 rings (SSSR count). The van der Waals surface area contributed by atoms with Gasteiger partial charge in [-0.05, 0) is 42.7 Å². The normalized spacial score (nSPS) is 20.8. The van der Waals surface area contributed by atoms with Gasteiger partial charge in [-0.2, -0.15) is 0 Å². The van der Waals surface area contributed by atoms with Gasteiger partial charge in [0.25, 0.3) is 0 Å². The molecule has 0 radical (unpaired) electrons. The quantitative estimate of drug-likeness (QED) is 0.912. The van der Waals surface area contributed by atoms with Gasteiger partial charge in [-0.15, -0.1) is 0 Å². The smallest absolute Gasteiger partial charge is 0.234 e. The first-order valence-corrected chi connectivity index (χ1v) is 7.20. The Kier molecular flexibility index (Phi) is 4.06. The van der Waals surface area contributed by atoms with Gasteiger partial charge in [-0.1, -0.05) is 18.2 Å². The van der Waals surface area contributed by atoms with Gasteiger partial charge in [0.1, 0.15) is 17.3 Å². The maximum absolute atomic E-state index is 13.1. The average Bonchev–Trinajstić information content (AvgIpc) is 2.98. The third-order valence-corrected chi connectivity index (χ3v) is 3.80. The molecule has 1 amide bonds. The first-order valence-electron chi connectivity index (χ1n) is 7.20. The second-order valence-electron chi connectivity index (χ2n) is 5.38. The highest BCUT2D eigenvalue weighted by atomic mass is 19.1. The molecule has 1 heterocycles. The van der Waals surface area contributed by atoms with Crippen LogP contribution in [0.1, 0.15) is 24.4 Å². The van der Waals surface area contributed by atoms with Crippen LogP contribution in [0.5, 0.6) is 11.5 Å². The first kappa shape index (κ1) is 14.5. The lowest BCUT2D eigenvalue weighted by atomic mass is 10.1. The van der Waals surface area contributed by atoms with Crippen LogP contribution in [0, 0.1) is 5.82 Å². The maximum atomic E-state index is 13.1. The summed E-state index contributed by atoms with van der Waals surface area (Å²) in [7, 11) is 0. The number of primary amides is 1. The summed E-state index contributed by atoms with van der Waals surface area (Å²) >= 11 is 0. The Bertz CT molecular complexity index is 673. The van der Waals surface area contributed by atoms with Crippen molar-refractivity contribution in [2.45, 2.75) is 24.9 Å². The van der Waals surface area contributed by atoms with E-state index in [1.807, 2.05) is 24.3 Å². The van der Waals surface area contributed by atoms with E-state index in [1.54, 1.807) is 12.1 Å². The molecule has 1 aliphatic heterocycles. The van der Waals surface area contributed by atoms with Gasteiger partial charge in [0.15, 0.2) is 0 Å². The molecule has 22 heavy (non-hydrogen) atoms. The molecule has 3 N–H and O–H groups in total. The topological polar surface area (TPSA) is 64.4 Å². The first-order chi connectivity index (χ1) is 10.6. The molecule has 4 nitrogen and oxygen atoms in total. The van der Waals surface area contributed by atoms with E-state index in [4.69, 9.17) is 10.5 Å². The zero-order valence-electron chi connectivity index (χ0n) is 12.0. The number of nitrogens with one attached hydrogen (secondary N) is 1. The van der Waals surface area contributed by atoms with E-state index in [1.165, 1.54) is 12.1 Å². The number of halogens is 1. The summed E-state index contributed by atoms with van der Waals surface area (Å²) in [6.07, 6.45) is 1.62. The minimum absolute atomic E-state index is 0.126. The molecule has 0 aromatic heterocycles. The third-order valence-electron chi connectivity index (χ3n) is 3.80. The molecule has 0 bridgehead atoms. The van der Waals surface area contributed by atoms with E-state index < -0.39 is 0 Å². The van der Waals surface area contributed by atoms with E-state index >= 15 is 0 Å². The summed E-state index contributed by atoms with van der Waals surface area (Å²) in [6, 6.07) is 13.4. The van der Waals surface area contributed by atoms with E-state index in [0.29, 0.717) is 11.5 Å². The lowest BCUT2D eigenvalue weighted by molar-refractivity contribution is -0.119. The van der Waals surface area contributed by atoms with Crippen LogP contribution in [-0.4, -0.2) is 11.9 Å². The van der Waals surface area contributed by atoms with Gasteiger partial charge >= 0.3 is 0 Å². The van der Waals surface area contributed by atoms with Gasteiger partial charge in [0.05, 0.1) is 6.04 Å². The van der Waals surface area contributed by atoms with Crippen LogP contribution in [-0.2, 0) is 4.79 Å². The number of nitrogens with two attached hydrogens (primary N) is 1. The number of benzene rings is 2. The predicted octanol–water partition coefficient (Wildman–Crippen LogP) is 2.90. The summed E-state index contributed by atoms with van der Waals surface area (Å²) in [5.74, 6) is 0.453. The Morgan fingerprint density at radius 1 is 1.14 bits per heavy atom. The van der Waals surface area contributed by atoms with Gasteiger partial charge in [-0.25, -0.2) is 4.39 Å². The van der Waals surface area contributed by atoms with Crippen molar-refractivity contribution in [3.63, 3.8) is 0 Å². The molecule has 0 aliphatic carbocycles. The fourth-order valence-corrected chi connectivity index (χ4v) is 2.66. The summed E-state index contributed by atoms with van der Waals surface area (Å²) in [5.41, 5.74) is 6.39. The molecule has 1 saturated heterocycles. The molecule has 1 aliphatic rings. The van der Waals surface area contributed by atoms with Crippen molar-refractivity contribution in [2.75, 3.05) is 0 Å². The zero-order chi connectivity index (χ0) is 15.5. The summed E-state index contributed by atoms with van der Waals surface area (Å²) in [6.45, 7) is 0. The predicted molar refractivity (Wildman–Crippen MR) is 81.0 cm³/mol. The molecule has 0 saturated carbocycles. The Hall–Kier alpha value is -2.40. The highest BCUT2D eigenvalue weighted by Gasteiger charge is 2.28. The minimum Gasteiger partial charge on any atom is -0.457 e. The van der Waals surface area contributed by atoms with Crippen molar-refractivity contribution in [2.24, 2.45) is 5.73 Å². The standard InChI is InChI=1S/C17H17FN2O2/c18-12-2-1-3-14(10-12)22-13-6-4-11(5-7-13)15-8-9-16(20-15)17(19)21/h1-7,10,15-16,20H,8-9H2,(H2,19,21)/t15-,16+/m1/s1. The Labute approximate surface area is 128 Å². The third kappa shape index (κ3) is 3.26. The molecule has 0 unspecified atom stereocenters. The zero-order valence-corrected chi connectivity index (χ0v) is 12.0. The molecule has 2 aromatic rings. The molecule has 0 spiro atoms. The Morgan fingerprint density at radius 2 is 1.91 bits per heavy atom. The molecular formula is C17H17FN2O2. The number of carbonyl (C=O) groups excluding carboxylic acids is 1. The maximum Gasteiger partial charge on any atom is 0.234 e. The Balaban J connectivity index is 1.67. The van der Waals surface area contributed by atoms with E-state index in [2.05, 4.69) is 5.32 Å². The van der Waals surface area contributed by atoms with Crippen LogP contribution in [0.2, 0.25) is 0 Å². The van der Waals surface area contributed by atoms with Crippen molar-refractivity contribution in [1.29, 1.82) is 0 Å². The molecule has 2 aromatic carbocycles. The largest absolute Gasteiger partial charge is 0.457 e.